The van der Waals surface area contributed by atoms with Gasteiger partial charge in [0, 0.05) is 19.3 Å². The number of rotatable bonds is 65. The maximum atomic E-state index is 12.9. The van der Waals surface area contributed by atoms with E-state index < -0.39 is 6.10 Å². The van der Waals surface area contributed by atoms with E-state index in [1.54, 1.807) is 0 Å². The lowest BCUT2D eigenvalue weighted by Crippen LogP contribution is -2.30. The van der Waals surface area contributed by atoms with Crippen LogP contribution in [0, 0.1) is 0 Å². The highest BCUT2D eigenvalue weighted by atomic mass is 16.6. The molecule has 1 atom stereocenters. The molecule has 0 heterocycles. The first-order valence-corrected chi connectivity index (χ1v) is 35.3. The maximum Gasteiger partial charge on any atom is 0.306 e. The Labute approximate surface area is 498 Å². The minimum atomic E-state index is -0.780. The zero-order valence-corrected chi connectivity index (χ0v) is 53.6. The molecule has 0 saturated heterocycles. The minimum Gasteiger partial charge on any atom is -0.462 e. The zero-order valence-electron chi connectivity index (χ0n) is 53.6. The Hall–Kier alpha value is -2.89. The summed E-state index contributed by atoms with van der Waals surface area (Å²) in [5.74, 6) is -0.866. The van der Waals surface area contributed by atoms with E-state index in [1.807, 2.05) is 0 Å². The van der Waals surface area contributed by atoms with Gasteiger partial charge in [-0.2, -0.15) is 0 Å². The number of allylic oxidation sites excluding steroid dienone is 10. The summed E-state index contributed by atoms with van der Waals surface area (Å²) >= 11 is 0. The van der Waals surface area contributed by atoms with Gasteiger partial charge in [-0.3, -0.25) is 14.4 Å². The summed E-state index contributed by atoms with van der Waals surface area (Å²) in [6.45, 7) is 6.67. The van der Waals surface area contributed by atoms with E-state index in [9.17, 15) is 14.4 Å². The number of carbonyl (C=O) groups excluding carboxylic acids is 3. The molecule has 0 spiro atoms. The summed E-state index contributed by atoms with van der Waals surface area (Å²) in [5.41, 5.74) is 0. The highest BCUT2D eigenvalue weighted by Crippen LogP contribution is 2.17. The summed E-state index contributed by atoms with van der Waals surface area (Å²) in [4.78, 5) is 38.4. The van der Waals surface area contributed by atoms with Crippen LogP contribution in [-0.4, -0.2) is 37.2 Å². The van der Waals surface area contributed by atoms with Gasteiger partial charge in [-0.05, 0) is 109 Å². The van der Waals surface area contributed by atoms with E-state index in [0.717, 1.165) is 77.0 Å². The first-order chi connectivity index (χ1) is 39.5. The third-order valence-electron chi connectivity index (χ3n) is 15.7. The fourth-order valence-electron chi connectivity index (χ4n) is 10.4. The number of hydrogen-bond acceptors (Lipinski definition) is 6. The van der Waals surface area contributed by atoms with Crippen LogP contribution in [0.2, 0.25) is 0 Å². The lowest BCUT2D eigenvalue weighted by molar-refractivity contribution is -0.167. The van der Waals surface area contributed by atoms with Crippen molar-refractivity contribution >= 4 is 17.9 Å². The molecule has 1 unspecified atom stereocenters. The molecule has 0 rings (SSSR count). The monoisotopic (exact) mass is 1120 g/mol. The van der Waals surface area contributed by atoms with Crippen molar-refractivity contribution in [2.75, 3.05) is 13.2 Å². The molecule has 0 fully saturated rings. The van der Waals surface area contributed by atoms with Crippen molar-refractivity contribution in [1.82, 2.24) is 0 Å². The molecule has 0 aromatic heterocycles. The van der Waals surface area contributed by atoms with Crippen molar-refractivity contribution in [2.45, 2.75) is 380 Å². The quantitative estimate of drug-likeness (QED) is 0.0261. The Morgan fingerprint density at radius 3 is 0.713 bits per heavy atom. The number of ether oxygens (including phenoxy) is 3. The first kappa shape index (κ1) is 77.1. The average Bonchev–Trinajstić information content (AvgIpc) is 3.46. The van der Waals surface area contributed by atoms with Gasteiger partial charge in [-0.25, -0.2) is 0 Å². The van der Waals surface area contributed by atoms with Crippen LogP contribution >= 0.6 is 0 Å². The smallest absolute Gasteiger partial charge is 0.306 e. The molecule has 466 valence electrons. The molecule has 0 amide bonds. The normalized spacial score (nSPS) is 12.4. The van der Waals surface area contributed by atoms with Crippen LogP contribution in [-0.2, 0) is 28.6 Å². The Morgan fingerprint density at radius 2 is 0.450 bits per heavy atom. The molecule has 0 radical (unpaired) electrons. The maximum absolute atomic E-state index is 12.9. The fourth-order valence-corrected chi connectivity index (χ4v) is 10.4. The standard InChI is InChI=1S/C74H134O6/c1-4-7-10-13-16-19-22-25-28-31-33-34-35-36-37-38-39-40-42-43-46-49-52-55-58-61-64-67-73(76)79-70-71(69-78-72(75)66-63-60-57-54-51-48-45-30-27-24-21-18-15-12-9-6-3)80-74(77)68-65-62-59-56-53-50-47-44-41-32-29-26-23-20-17-14-11-8-5-2/h22,25-26,29-31,33,35-36,45,71H,4-21,23-24,27-28,32,34,37-44,46-70H2,1-3H3/b25-22-,29-26-,33-31-,36-35-,45-30-. The predicted molar refractivity (Wildman–Crippen MR) is 348 cm³/mol. The second kappa shape index (κ2) is 68.6. The van der Waals surface area contributed by atoms with E-state index in [2.05, 4.69) is 81.5 Å². The minimum absolute atomic E-state index is 0.0759. The zero-order chi connectivity index (χ0) is 57.8. The molecular formula is C74H134O6. The molecule has 0 N–H and O–H groups in total. The molecule has 0 aliphatic heterocycles. The summed E-state index contributed by atoms with van der Waals surface area (Å²) in [6.07, 6.45) is 88.1. The van der Waals surface area contributed by atoms with Gasteiger partial charge >= 0.3 is 17.9 Å². The van der Waals surface area contributed by atoms with Crippen LogP contribution < -0.4 is 0 Å². The van der Waals surface area contributed by atoms with E-state index in [1.165, 1.54) is 257 Å². The first-order valence-electron chi connectivity index (χ1n) is 35.3. The molecule has 0 aliphatic rings. The number of hydrogen-bond donors (Lipinski definition) is 0. The summed E-state index contributed by atoms with van der Waals surface area (Å²) in [5, 5.41) is 0. The molecule has 0 aromatic rings. The predicted octanol–water partition coefficient (Wildman–Crippen LogP) is 24.3. The lowest BCUT2D eigenvalue weighted by atomic mass is 10.0. The van der Waals surface area contributed by atoms with Crippen molar-refractivity contribution in [2.24, 2.45) is 0 Å². The van der Waals surface area contributed by atoms with Crippen LogP contribution in [0.4, 0.5) is 0 Å². The van der Waals surface area contributed by atoms with Gasteiger partial charge < -0.3 is 14.2 Å². The molecule has 80 heavy (non-hydrogen) atoms. The van der Waals surface area contributed by atoms with Gasteiger partial charge in [0.1, 0.15) is 13.2 Å². The number of carbonyl (C=O) groups is 3. The Kier molecular flexibility index (Phi) is 66.1. The second-order valence-corrected chi connectivity index (χ2v) is 23.8. The second-order valence-electron chi connectivity index (χ2n) is 23.8. The lowest BCUT2D eigenvalue weighted by Gasteiger charge is -2.18. The van der Waals surface area contributed by atoms with Crippen LogP contribution in [0.3, 0.4) is 0 Å². The van der Waals surface area contributed by atoms with Crippen molar-refractivity contribution in [3.63, 3.8) is 0 Å². The molecular weight excluding hydrogens is 985 g/mol. The van der Waals surface area contributed by atoms with Crippen LogP contribution in [0.15, 0.2) is 60.8 Å². The van der Waals surface area contributed by atoms with Crippen molar-refractivity contribution in [3.05, 3.63) is 60.8 Å². The Balaban J connectivity index is 4.30. The van der Waals surface area contributed by atoms with E-state index in [-0.39, 0.29) is 31.1 Å². The molecule has 6 nitrogen and oxygen atoms in total. The Bertz CT molecular complexity index is 1430. The van der Waals surface area contributed by atoms with E-state index in [4.69, 9.17) is 14.2 Å². The van der Waals surface area contributed by atoms with Gasteiger partial charge in [0.15, 0.2) is 6.10 Å². The van der Waals surface area contributed by atoms with Crippen molar-refractivity contribution in [3.8, 4) is 0 Å². The largest absolute Gasteiger partial charge is 0.462 e. The molecule has 0 bridgehead atoms. The van der Waals surface area contributed by atoms with Gasteiger partial charge in [0.25, 0.3) is 0 Å². The van der Waals surface area contributed by atoms with Crippen LogP contribution in [0.1, 0.15) is 374 Å². The third kappa shape index (κ3) is 65.9. The van der Waals surface area contributed by atoms with Gasteiger partial charge in [-0.1, -0.05) is 306 Å². The highest BCUT2D eigenvalue weighted by Gasteiger charge is 2.19. The summed E-state index contributed by atoms with van der Waals surface area (Å²) in [6, 6.07) is 0. The van der Waals surface area contributed by atoms with E-state index in [0.29, 0.717) is 19.3 Å². The molecule has 6 heteroatoms. The third-order valence-corrected chi connectivity index (χ3v) is 15.7. The van der Waals surface area contributed by atoms with Crippen LogP contribution in [0.5, 0.6) is 0 Å². The Morgan fingerprint density at radius 1 is 0.250 bits per heavy atom. The highest BCUT2D eigenvalue weighted by molar-refractivity contribution is 5.71. The van der Waals surface area contributed by atoms with Gasteiger partial charge in [-0.15, -0.1) is 0 Å². The van der Waals surface area contributed by atoms with Crippen LogP contribution in [0.25, 0.3) is 0 Å². The number of unbranched alkanes of at least 4 members (excludes halogenated alkanes) is 44. The van der Waals surface area contributed by atoms with Crippen molar-refractivity contribution < 1.29 is 28.6 Å². The topological polar surface area (TPSA) is 78.9 Å². The molecule has 0 aliphatic carbocycles. The van der Waals surface area contributed by atoms with Crippen molar-refractivity contribution in [1.29, 1.82) is 0 Å². The summed E-state index contributed by atoms with van der Waals surface area (Å²) < 4.78 is 17.0. The average molecular weight is 1120 g/mol. The fraction of sp³-hybridized carbons (Fsp3) is 0.824. The molecule has 0 saturated carbocycles. The molecule has 0 aromatic carbocycles. The SMILES string of the molecule is CCCCCCC/C=C\C/C=C\C/C=C\CCCCCCCCCCCCCCC(=O)OCC(COC(=O)CCCCCCC/C=C\CCCCCCCCC)OC(=O)CCCCCCCCCCC/C=C\CCCCCCCC. The van der Waals surface area contributed by atoms with Gasteiger partial charge in [0.2, 0.25) is 0 Å². The summed E-state index contributed by atoms with van der Waals surface area (Å²) in [7, 11) is 0. The number of esters is 3. The van der Waals surface area contributed by atoms with Gasteiger partial charge in [0.05, 0.1) is 0 Å². The van der Waals surface area contributed by atoms with E-state index >= 15 is 0 Å².